The Bertz CT molecular complexity index is 3230. The molecule has 1 atom stereocenters. The summed E-state index contributed by atoms with van der Waals surface area (Å²) in [7, 11) is -1.46. The van der Waals surface area contributed by atoms with Crippen LogP contribution in [0.25, 0.3) is 49.7 Å². The summed E-state index contributed by atoms with van der Waals surface area (Å²) in [5, 5.41) is 2.60. The molecule has 0 aliphatic carbocycles. The monoisotopic (exact) mass is 786 g/mol. The SMILES string of the molecule is CS1(C)c2ccccc2C2(c3ccccc3-n3c4ccccc4c4cccc2c43)c2cccc(-c3ccc(-c4ccc(N(c5ccccc5)c5ccccc5)cc4)cc3)c21. The lowest BCUT2D eigenvalue weighted by molar-refractivity contribution is 0.687. The van der Waals surface area contributed by atoms with Crippen molar-refractivity contribution in [3.63, 3.8) is 0 Å². The summed E-state index contributed by atoms with van der Waals surface area (Å²) in [5.41, 5.74) is 17.2. The van der Waals surface area contributed by atoms with Gasteiger partial charge in [-0.15, -0.1) is 0 Å². The molecule has 2 aliphatic rings. The lowest BCUT2D eigenvalue weighted by Gasteiger charge is -2.52. The van der Waals surface area contributed by atoms with Gasteiger partial charge in [-0.3, -0.25) is 0 Å². The topological polar surface area (TPSA) is 8.17 Å². The zero-order valence-electron chi connectivity index (χ0n) is 33.6. The second kappa shape index (κ2) is 13.2. The maximum Gasteiger partial charge on any atom is 0.0763 e. The van der Waals surface area contributed by atoms with Crippen LogP contribution >= 0.6 is 10.0 Å². The van der Waals surface area contributed by atoms with Crippen LogP contribution in [0.15, 0.2) is 228 Å². The van der Waals surface area contributed by atoms with Crippen molar-refractivity contribution < 1.29 is 0 Å². The third kappa shape index (κ3) is 4.84. The number of benzene rings is 9. The molecule has 1 unspecified atom stereocenters. The highest BCUT2D eigenvalue weighted by Crippen LogP contribution is 2.71. The van der Waals surface area contributed by atoms with Gasteiger partial charge in [-0.2, -0.15) is 10.0 Å². The van der Waals surface area contributed by atoms with E-state index in [0.717, 1.165) is 17.1 Å². The normalized spacial score (nSPS) is 16.2. The van der Waals surface area contributed by atoms with Gasteiger partial charge in [-0.25, -0.2) is 0 Å². The van der Waals surface area contributed by atoms with Crippen LogP contribution in [0.4, 0.5) is 17.1 Å². The minimum Gasteiger partial charge on any atom is -0.311 e. The Hall–Kier alpha value is -7.07. The molecule has 0 fully saturated rings. The largest absolute Gasteiger partial charge is 0.311 e. The quantitative estimate of drug-likeness (QED) is 0.169. The van der Waals surface area contributed by atoms with Gasteiger partial charge in [-0.05, 0) is 117 Å². The molecule has 12 rings (SSSR count). The summed E-state index contributed by atoms with van der Waals surface area (Å²) in [4.78, 5) is 5.24. The van der Waals surface area contributed by atoms with Crippen LogP contribution < -0.4 is 4.90 Å². The van der Waals surface area contributed by atoms with Gasteiger partial charge >= 0.3 is 0 Å². The van der Waals surface area contributed by atoms with Crippen LogP contribution in [0.3, 0.4) is 0 Å². The van der Waals surface area contributed by atoms with Crippen molar-refractivity contribution in [3.05, 3.63) is 241 Å². The molecule has 60 heavy (non-hydrogen) atoms. The van der Waals surface area contributed by atoms with E-state index in [1.807, 2.05) is 0 Å². The summed E-state index contributed by atoms with van der Waals surface area (Å²) in [6.07, 6.45) is 5.02. The molecule has 9 aromatic carbocycles. The number of para-hydroxylation sites is 5. The van der Waals surface area contributed by atoms with E-state index in [1.165, 1.54) is 81.8 Å². The van der Waals surface area contributed by atoms with E-state index in [-0.39, 0.29) is 0 Å². The highest BCUT2D eigenvalue weighted by atomic mass is 32.3. The van der Waals surface area contributed by atoms with Crippen molar-refractivity contribution in [1.82, 2.24) is 4.57 Å². The molecule has 1 aromatic heterocycles. The van der Waals surface area contributed by atoms with Gasteiger partial charge in [-0.1, -0.05) is 164 Å². The van der Waals surface area contributed by atoms with Crippen molar-refractivity contribution in [2.24, 2.45) is 0 Å². The van der Waals surface area contributed by atoms with E-state index in [0.29, 0.717) is 0 Å². The Morgan fingerprint density at radius 1 is 0.400 bits per heavy atom. The van der Waals surface area contributed by atoms with Gasteiger partial charge in [0.05, 0.1) is 22.1 Å². The number of nitrogens with zero attached hydrogens (tertiary/aromatic N) is 2. The van der Waals surface area contributed by atoms with Crippen LogP contribution in [-0.2, 0) is 5.41 Å². The minimum absolute atomic E-state index is 0.500. The molecule has 0 N–H and O–H groups in total. The highest BCUT2D eigenvalue weighted by molar-refractivity contribution is 8.33. The first-order valence-corrected chi connectivity index (χ1v) is 23.2. The summed E-state index contributed by atoms with van der Waals surface area (Å²) in [6.45, 7) is 0. The number of anilines is 3. The number of hydrogen-bond acceptors (Lipinski definition) is 1. The third-order valence-electron chi connectivity index (χ3n) is 13.1. The van der Waals surface area contributed by atoms with Gasteiger partial charge in [0.2, 0.25) is 0 Å². The number of rotatable bonds is 5. The van der Waals surface area contributed by atoms with E-state index in [1.54, 1.807) is 0 Å². The van der Waals surface area contributed by atoms with Gasteiger partial charge in [0, 0.05) is 32.7 Å². The maximum atomic E-state index is 2.53. The van der Waals surface area contributed by atoms with Crippen molar-refractivity contribution in [2.75, 3.05) is 17.4 Å². The van der Waals surface area contributed by atoms with Gasteiger partial charge in [0.25, 0.3) is 0 Å². The summed E-state index contributed by atoms with van der Waals surface area (Å²) < 4.78 is 2.53. The Balaban J connectivity index is 1.02. The van der Waals surface area contributed by atoms with Crippen LogP contribution in [0.2, 0.25) is 0 Å². The summed E-state index contributed by atoms with van der Waals surface area (Å²) >= 11 is 0. The second-order valence-corrected chi connectivity index (χ2v) is 20.0. The summed E-state index contributed by atoms with van der Waals surface area (Å²) in [5.74, 6) is 0. The predicted molar refractivity (Wildman–Crippen MR) is 254 cm³/mol. The fourth-order valence-corrected chi connectivity index (χ4v) is 13.5. The van der Waals surface area contributed by atoms with Crippen LogP contribution in [0.1, 0.15) is 22.3 Å². The molecular weight excluding hydrogens is 745 g/mol. The first kappa shape index (κ1) is 34.9. The molecule has 2 aliphatic heterocycles. The van der Waals surface area contributed by atoms with E-state index in [2.05, 4.69) is 240 Å². The van der Waals surface area contributed by atoms with Crippen LogP contribution in [0, 0.1) is 0 Å². The third-order valence-corrected chi connectivity index (χ3v) is 16.0. The molecule has 286 valence electrons. The lowest BCUT2D eigenvalue weighted by atomic mass is 9.62. The molecule has 1 spiro atoms. The number of hydrogen-bond donors (Lipinski definition) is 0. The molecule has 0 bridgehead atoms. The van der Waals surface area contributed by atoms with E-state index in [4.69, 9.17) is 0 Å². The average molecular weight is 787 g/mol. The molecule has 0 saturated heterocycles. The van der Waals surface area contributed by atoms with Crippen molar-refractivity contribution in [1.29, 1.82) is 0 Å². The highest BCUT2D eigenvalue weighted by Gasteiger charge is 2.52. The molecule has 10 aromatic rings. The average Bonchev–Trinajstić information content (AvgIpc) is 3.65. The fraction of sp³-hybridized carbons (Fsp3) is 0.0526. The van der Waals surface area contributed by atoms with E-state index >= 15 is 0 Å². The smallest absolute Gasteiger partial charge is 0.0763 e. The Morgan fingerprint density at radius 2 is 0.917 bits per heavy atom. The molecule has 2 nitrogen and oxygen atoms in total. The van der Waals surface area contributed by atoms with E-state index < -0.39 is 15.4 Å². The van der Waals surface area contributed by atoms with Crippen LogP contribution in [0.5, 0.6) is 0 Å². The molecule has 0 saturated carbocycles. The predicted octanol–water partition coefficient (Wildman–Crippen LogP) is 15.1. The zero-order chi connectivity index (χ0) is 40.0. The molecule has 0 radical (unpaired) electrons. The van der Waals surface area contributed by atoms with Crippen LogP contribution in [-0.4, -0.2) is 17.1 Å². The Kier molecular flexibility index (Phi) is 7.70. The number of fused-ring (bicyclic) bond motifs is 11. The minimum atomic E-state index is -1.46. The Morgan fingerprint density at radius 3 is 1.65 bits per heavy atom. The first-order valence-electron chi connectivity index (χ1n) is 20.8. The molecular formula is C57H42N2S. The van der Waals surface area contributed by atoms with E-state index in [9.17, 15) is 0 Å². The standard InChI is InChI=1S/C57H42N2S/c1-60(2)54-30-14-11-25-49(54)57(48-24-10-13-29-53(48)59-52-28-12-9-21-46(52)47-23-16-26-50(57)55(47)59)51-27-15-22-45(56(51)60)41-33-31-39(32-34-41)40-35-37-44(38-36-40)58(42-17-5-3-6-18-42)43-19-7-4-8-20-43/h3-38H,1-2H3. The zero-order valence-corrected chi connectivity index (χ0v) is 34.4. The van der Waals surface area contributed by atoms with Crippen molar-refractivity contribution in [2.45, 2.75) is 15.2 Å². The number of aromatic nitrogens is 1. The van der Waals surface area contributed by atoms with Gasteiger partial charge < -0.3 is 9.47 Å². The van der Waals surface area contributed by atoms with Gasteiger partial charge in [0.1, 0.15) is 0 Å². The molecule has 3 heterocycles. The fourth-order valence-electron chi connectivity index (χ4n) is 10.6. The van der Waals surface area contributed by atoms with Gasteiger partial charge in [0.15, 0.2) is 0 Å². The van der Waals surface area contributed by atoms with Crippen molar-refractivity contribution >= 4 is 48.9 Å². The molecule has 3 heteroatoms. The molecule has 0 amide bonds. The maximum absolute atomic E-state index is 2.53. The Labute approximate surface area is 353 Å². The first-order chi connectivity index (χ1) is 29.5. The summed E-state index contributed by atoms with van der Waals surface area (Å²) in [6, 6.07) is 81.0. The second-order valence-electron chi connectivity index (χ2n) is 16.5. The van der Waals surface area contributed by atoms with Crippen molar-refractivity contribution in [3.8, 4) is 27.9 Å². The lowest BCUT2D eigenvalue weighted by Crippen LogP contribution is -2.39.